The summed E-state index contributed by atoms with van der Waals surface area (Å²) in [6.07, 6.45) is 9.74. The number of rotatable bonds is 6. The maximum atomic E-state index is 12.4. The van der Waals surface area contributed by atoms with Gasteiger partial charge in [0, 0.05) is 36.7 Å². The van der Waals surface area contributed by atoms with Crippen molar-refractivity contribution < 1.29 is 9.59 Å². The van der Waals surface area contributed by atoms with Gasteiger partial charge in [-0.3, -0.25) is 9.59 Å². The van der Waals surface area contributed by atoms with Gasteiger partial charge in [-0.15, -0.1) is 0 Å². The monoisotopic (exact) mass is 369 g/mol. The van der Waals surface area contributed by atoms with Crippen molar-refractivity contribution in [3.8, 4) is 0 Å². The Morgan fingerprint density at radius 1 is 1.04 bits per heavy atom. The normalized spacial score (nSPS) is 27.5. The molecule has 2 bridgehead atoms. The van der Waals surface area contributed by atoms with Crippen LogP contribution in [0.15, 0.2) is 24.3 Å². The lowest BCUT2D eigenvalue weighted by Gasteiger charge is -2.28. The minimum Gasteiger partial charge on any atom is -0.352 e. The number of hydrogen-bond donors (Lipinski definition) is 3. The fourth-order valence-corrected chi connectivity index (χ4v) is 5.07. The summed E-state index contributed by atoms with van der Waals surface area (Å²) in [6.45, 7) is 0.518. The lowest BCUT2D eigenvalue weighted by molar-refractivity contribution is -0.122. The molecule has 3 fully saturated rings. The van der Waals surface area contributed by atoms with Crippen LogP contribution in [0.4, 0.5) is 5.69 Å². The maximum Gasteiger partial charge on any atom is 0.227 e. The molecular weight excluding hydrogens is 338 g/mol. The highest BCUT2D eigenvalue weighted by Gasteiger charge is 2.34. The summed E-state index contributed by atoms with van der Waals surface area (Å²) < 4.78 is 0. The van der Waals surface area contributed by atoms with E-state index in [-0.39, 0.29) is 17.7 Å². The fraction of sp³-hybridized carbons (Fsp3) is 0.636. The Morgan fingerprint density at radius 2 is 1.78 bits per heavy atom. The standard InChI is InChI=1S/C22H31N3O2/c26-21(13-16-11-19-8-9-20(12-16)24-19)23-14-15-4-3-7-18(10-15)25-22(27)17-5-1-2-6-17/h3-4,7,10,16-17,19-20,24H,1-2,5-6,8-9,11-14H2,(H,23,26)(H,25,27). The molecular formula is C22H31N3O2. The van der Waals surface area contributed by atoms with Crippen LogP contribution in [-0.2, 0) is 16.1 Å². The van der Waals surface area contributed by atoms with Gasteiger partial charge >= 0.3 is 0 Å². The van der Waals surface area contributed by atoms with Crippen molar-refractivity contribution in [1.82, 2.24) is 10.6 Å². The molecule has 2 atom stereocenters. The molecule has 0 aromatic heterocycles. The van der Waals surface area contributed by atoms with Gasteiger partial charge in [-0.05, 0) is 62.1 Å². The summed E-state index contributed by atoms with van der Waals surface area (Å²) in [6, 6.07) is 9.08. The minimum absolute atomic E-state index is 0.134. The Morgan fingerprint density at radius 3 is 2.52 bits per heavy atom. The van der Waals surface area contributed by atoms with Crippen LogP contribution in [0.5, 0.6) is 0 Å². The Labute approximate surface area is 161 Å². The third-order valence-electron chi connectivity index (χ3n) is 6.45. The third kappa shape index (κ3) is 4.89. The third-order valence-corrected chi connectivity index (χ3v) is 6.45. The van der Waals surface area contributed by atoms with Crippen LogP contribution >= 0.6 is 0 Å². The maximum absolute atomic E-state index is 12.4. The molecule has 2 amide bonds. The van der Waals surface area contributed by atoms with E-state index >= 15 is 0 Å². The number of anilines is 1. The second kappa shape index (κ2) is 8.42. The van der Waals surface area contributed by atoms with Gasteiger partial charge < -0.3 is 16.0 Å². The first-order chi connectivity index (χ1) is 13.2. The first-order valence-electron chi connectivity index (χ1n) is 10.6. The molecule has 2 aliphatic heterocycles. The Hall–Kier alpha value is -1.88. The minimum atomic E-state index is 0.134. The van der Waals surface area contributed by atoms with E-state index in [0.717, 1.165) is 49.8 Å². The summed E-state index contributed by atoms with van der Waals surface area (Å²) in [5.74, 6) is 0.949. The highest BCUT2D eigenvalue weighted by Crippen LogP contribution is 2.32. The summed E-state index contributed by atoms with van der Waals surface area (Å²) in [5.41, 5.74) is 1.85. The molecule has 146 valence electrons. The van der Waals surface area contributed by atoms with Gasteiger partial charge in [0.05, 0.1) is 0 Å². The number of carbonyl (C=O) groups excluding carboxylic acids is 2. The highest BCUT2D eigenvalue weighted by atomic mass is 16.2. The van der Waals surface area contributed by atoms with Crippen LogP contribution in [0.1, 0.15) is 63.4 Å². The van der Waals surface area contributed by atoms with E-state index in [1.165, 1.54) is 12.8 Å². The van der Waals surface area contributed by atoms with Gasteiger partial charge in [-0.1, -0.05) is 25.0 Å². The SMILES string of the molecule is O=C(CC1CC2CCC(C1)N2)NCc1cccc(NC(=O)C2CCCC2)c1. The molecule has 1 aromatic rings. The molecule has 4 rings (SSSR count). The van der Waals surface area contributed by atoms with Gasteiger partial charge in [0.15, 0.2) is 0 Å². The van der Waals surface area contributed by atoms with Crippen LogP contribution in [0.2, 0.25) is 0 Å². The predicted molar refractivity (Wildman–Crippen MR) is 106 cm³/mol. The molecule has 0 spiro atoms. The summed E-state index contributed by atoms with van der Waals surface area (Å²) in [4.78, 5) is 24.6. The van der Waals surface area contributed by atoms with Crippen molar-refractivity contribution in [2.24, 2.45) is 11.8 Å². The lowest BCUT2D eigenvalue weighted by Crippen LogP contribution is -2.39. The summed E-state index contributed by atoms with van der Waals surface area (Å²) in [7, 11) is 0. The molecule has 2 saturated heterocycles. The molecule has 5 nitrogen and oxygen atoms in total. The van der Waals surface area contributed by atoms with E-state index < -0.39 is 0 Å². The molecule has 0 radical (unpaired) electrons. The first-order valence-corrected chi connectivity index (χ1v) is 10.6. The molecule has 1 aromatic carbocycles. The van der Waals surface area contributed by atoms with Crippen LogP contribution in [0, 0.1) is 11.8 Å². The number of nitrogens with one attached hydrogen (secondary N) is 3. The largest absolute Gasteiger partial charge is 0.352 e. The van der Waals surface area contributed by atoms with Gasteiger partial charge in [-0.2, -0.15) is 0 Å². The number of carbonyl (C=O) groups is 2. The van der Waals surface area contributed by atoms with Crippen molar-refractivity contribution in [1.29, 1.82) is 0 Å². The van der Waals surface area contributed by atoms with E-state index in [4.69, 9.17) is 0 Å². The topological polar surface area (TPSA) is 70.2 Å². The average molecular weight is 370 g/mol. The van der Waals surface area contributed by atoms with Crippen LogP contribution < -0.4 is 16.0 Å². The van der Waals surface area contributed by atoms with Crippen LogP contribution in [0.25, 0.3) is 0 Å². The Balaban J connectivity index is 1.24. The Kier molecular flexibility index (Phi) is 5.77. The molecule has 27 heavy (non-hydrogen) atoms. The van der Waals surface area contributed by atoms with Crippen LogP contribution in [0.3, 0.4) is 0 Å². The molecule has 2 unspecified atom stereocenters. The van der Waals surface area contributed by atoms with E-state index in [1.807, 2.05) is 24.3 Å². The quantitative estimate of drug-likeness (QED) is 0.720. The van der Waals surface area contributed by atoms with Gasteiger partial charge in [-0.25, -0.2) is 0 Å². The van der Waals surface area contributed by atoms with Crippen molar-refractivity contribution in [3.05, 3.63) is 29.8 Å². The van der Waals surface area contributed by atoms with Crippen molar-refractivity contribution in [2.45, 2.75) is 76.4 Å². The molecule has 1 saturated carbocycles. The molecule has 3 aliphatic rings. The fourth-order valence-electron chi connectivity index (χ4n) is 5.07. The zero-order valence-electron chi connectivity index (χ0n) is 16.0. The molecule has 3 N–H and O–H groups in total. The molecule has 2 heterocycles. The summed E-state index contributed by atoms with van der Waals surface area (Å²) >= 11 is 0. The zero-order valence-corrected chi connectivity index (χ0v) is 16.0. The number of fused-ring (bicyclic) bond motifs is 2. The molecule has 5 heteroatoms. The van der Waals surface area contributed by atoms with E-state index in [1.54, 1.807) is 0 Å². The van der Waals surface area contributed by atoms with Gasteiger partial charge in [0.1, 0.15) is 0 Å². The van der Waals surface area contributed by atoms with E-state index in [0.29, 0.717) is 31.0 Å². The summed E-state index contributed by atoms with van der Waals surface area (Å²) in [5, 5.41) is 9.72. The number of hydrogen-bond acceptors (Lipinski definition) is 3. The smallest absolute Gasteiger partial charge is 0.227 e. The van der Waals surface area contributed by atoms with Crippen molar-refractivity contribution in [3.63, 3.8) is 0 Å². The zero-order chi connectivity index (χ0) is 18.6. The second-order valence-electron chi connectivity index (χ2n) is 8.63. The highest BCUT2D eigenvalue weighted by molar-refractivity contribution is 5.92. The van der Waals surface area contributed by atoms with Gasteiger partial charge in [0.2, 0.25) is 11.8 Å². The van der Waals surface area contributed by atoms with Crippen molar-refractivity contribution in [2.75, 3.05) is 5.32 Å². The van der Waals surface area contributed by atoms with Crippen molar-refractivity contribution >= 4 is 17.5 Å². The molecule has 1 aliphatic carbocycles. The van der Waals surface area contributed by atoms with Gasteiger partial charge in [0.25, 0.3) is 0 Å². The van der Waals surface area contributed by atoms with Crippen LogP contribution in [-0.4, -0.2) is 23.9 Å². The predicted octanol–water partition coefficient (Wildman–Crippen LogP) is 3.35. The van der Waals surface area contributed by atoms with E-state index in [9.17, 15) is 9.59 Å². The number of benzene rings is 1. The first kappa shape index (κ1) is 18.5. The number of piperidine rings is 1. The lowest BCUT2D eigenvalue weighted by atomic mass is 9.89. The Bertz CT molecular complexity index is 672. The number of amides is 2. The van der Waals surface area contributed by atoms with E-state index in [2.05, 4.69) is 16.0 Å². The second-order valence-corrected chi connectivity index (χ2v) is 8.63. The average Bonchev–Trinajstić information content (AvgIpc) is 3.30.